The minimum atomic E-state index is 0.147. The zero-order valence-electron chi connectivity index (χ0n) is 11.4. The molecule has 0 unspecified atom stereocenters. The van der Waals surface area contributed by atoms with Crippen LogP contribution in [0.4, 0.5) is 0 Å². The fourth-order valence-corrected chi connectivity index (χ4v) is 2.03. The maximum absolute atomic E-state index is 5.93. The Balaban J connectivity index is 1.84. The number of ether oxygens (including phenoxy) is 1. The lowest BCUT2D eigenvalue weighted by atomic mass is 9.95. The molecule has 100 valence electrons. The van der Waals surface area contributed by atoms with Crippen LogP contribution in [0, 0.1) is 12.3 Å². The monoisotopic (exact) mass is 267 g/mol. The van der Waals surface area contributed by atoms with Crippen molar-refractivity contribution in [3.63, 3.8) is 0 Å². The fraction of sp³-hybridized carbons (Fsp3) is 0.600. The summed E-state index contributed by atoms with van der Waals surface area (Å²) in [6.07, 6.45) is 2.65. The van der Waals surface area contributed by atoms with Gasteiger partial charge in [-0.2, -0.15) is 0 Å². The van der Waals surface area contributed by atoms with Gasteiger partial charge in [-0.1, -0.05) is 25.4 Å². The van der Waals surface area contributed by atoms with Crippen molar-refractivity contribution in [3.8, 4) is 5.75 Å². The van der Waals surface area contributed by atoms with Crippen LogP contribution in [0.15, 0.2) is 18.2 Å². The molecule has 0 amide bonds. The van der Waals surface area contributed by atoms with Crippen LogP contribution >= 0.6 is 11.6 Å². The molecule has 18 heavy (non-hydrogen) atoms. The van der Waals surface area contributed by atoms with Gasteiger partial charge in [0.25, 0.3) is 0 Å². The molecule has 2 nitrogen and oxygen atoms in total. The first-order valence-corrected chi connectivity index (χ1v) is 6.96. The van der Waals surface area contributed by atoms with Crippen LogP contribution in [-0.2, 0) is 0 Å². The SMILES string of the molecule is Cc1cc(Cl)ccc1OCC(C)(C)CNC1CC1. The minimum absolute atomic E-state index is 0.147. The second-order valence-corrected chi connectivity index (χ2v) is 6.45. The molecule has 1 aliphatic rings. The molecule has 0 aromatic heterocycles. The van der Waals surface area contributed by atoms with Crippen LogP contribution in [0.2, 0.25) is 5.02 Å². The highest BCUT2D eigenvalue weighted by atomic mass is 35.5. The third-order valence-corrected chi connectivity index (χ3v) is 3.44. The van der Waals surface area contributed by atoms with Gasteiger partial charge in [-0.25, -0.2) is 0 Å². The summed E-state index contributed by atoms with van der Waals surface area (Å²) in [5.74, 6) is 0.930. The molecule has 0 radical (unpaired) electrons. The lowest BCUT2D eigenvalue weighted by Crippen LogP contribution is -2.35. The second kappa shape index (κ2) is 5.50. The van der Waals surface area contributed by atoms with Crippen LogP contribution in [0.1, 0.15) is 32.3 Å². The molecule has 1 aliphatic carbocycles. The third-order valence-electron chi connectivity index (χ3n) is 3.20. The first-order chi connectivity index (χ1) is 8.46. The molecule has 2 rings (SSSR count). The van der Waals surface area contributed by atoms with Gasteiger partial charge < -0.3 is 10.1 Å². The van der Waals surface area contributed by atoms with Crippen molar-refractivity contribution in [1.82, 2.24) is 5.32 Å². The summed E-state index contributed by atoms with van der Waals surface area (Å²) < 4.78 is 5.91. The van der Waals surface area contributed by atoms with Gasteiger partial charge >= 0.3 is 0 Å². The molecule has 0 bridgehead atoms. The summed E-state index contributed by atoms with van der Waals surface area (Å²) in [6, 6.07) is 6.51. The van der Waals surface area contributed by atoms with E-state index in [-0.39, 0.29) is 5.41 Å². The summed E-state index contributed by atoms with van der Waals surface area (Å²) in [5, 5.41) is 4.31. The summed E-state index contributed by atoms with van der Waals surface area (Å²) in [4.78, 5) is 0. The summed E-state index contributed by atoms with van der Waals surface area (Å²) in [6.45, 7) is 8.21. The highest BCUT2D eigenvalue weighted by Crippen LogP contribution is 2.25. The topological polar surface area (TPSA) is 21.3 Å². The van der Waals surface area contributed by atoms with E-state index in [0.717, 1.165) is 35.5 Å². The van der Waals surface area contributed by atoms with E-state index in [2.05, 4.69) is 19.2 Å². The largest absolute Gasteiger partial charge is 0.493 e. The van der Waals surface area contributed by atoms with Gasteiger partial charge in [0.1, 0.15) is 5.75 Å². The molecule has 1 fully saturated rings. The Labute approximate surface area is 115 Å². The third kappa shape index (κ3) is 4.18. The van der Waals surface area contributed by atoms with E-state index >= 15 is 0 Å². The highest BCUT2D eigenvalue weighted by Gasteiger charge is 2.25. The maximum Gasteiger partial charge on any atom is 0.122 e. The summed E-state index contributed by atoms with van der Waals surface area (Å²) in [7, 11) is 0. The van der Waals surface area contributed by atoms with E-state index in [1.54, 1.807) is 0 Å². The molecule has 1 aromatic carbocycles. The van der Waals surface area contributed by atoms with Gasteiger partial charge in [-0.3, -0.25) is 0 Å². The first kappa shape index (κ1) is 13.7. The Hall–Kier alpha value is -0.730. The Kier molecular flexibility index (Phi) is 4.18. The van der Waals surface area contributed by atoms with Gasteiger partial charge in [0.05, 0.1) is 6.61 Å². The summed E-state index contributed by atoms with van der Waals surface area (Å²) in [5.41, 5.74) is 1.24. The van der Waals surface area contributed by atoms with Gasteiger partial charge in [0.2, 0.25) is 0 Å². The normalized spacial score (nSPS) is 15.8. The predicted molar refractivity (Wildman–Crippen MR) is 76.5 cm³/mol. The number of rotatable bonds is 6. The van der Waals surface area contributed by atoms with Gasteiger partial charge in [-0.15, -0.1) is 0 Å². The lowest BCUT2D eigenvalue weighted by molar-refractivity contribution is 0.175. The van der Waals surface area contributed by atoms with Gasteiger partial charge in [0, 0.05) is 23.0 Å². The van der Waals surface area contributed by atoms with Crippen LogP contribution < -0.4 is 10.1 Å². The standard InChI is InChI=1S/C15H22ClNO/c1-11-8-12(16)4-7-14(11)18-10-15(2,3)9-17-13-5-6-13/h4,7-8,13,17H,5-6,9-10H2,1-3H3. The van der Waals surface area contributed by atoms with Crippen LogP contribution in [0.5, 0.6) is 5.75 Å². The molecule has 3 heteroatoms. The van der Waals surface area contributed by atoms with E-state index in [4.69, 9.17) is 16.3 Å². The zero-order valence-corrected chi connectivity index (χ0v) is 12.2. The van der Waals surface area contributed by atoms with E-state index < -0.39 is 0 Å². The van der Waals surface area contributed by atoms with Crippen molar-refractivity contribution >= 4 is 11.6 Å². The Bertz CT molecular complexity index is 413. The maximum atomic E-state index is 5.93. The van der Waals surface area contributed by atoms with Crippen molar-refractivity contribution in [2.45, 2.75) is 39.7 Å². The number of hydrogen-bond acceptors (Lipinski definition) is 2. The number of nitrogens with one attached hydrogen (secondary N) is 1. The minimum Gasteiger partial charge on any atom is -0.493 e. The number of hydrogen-bond donors (Lipinski definition) is 1. The Morgan fingerprint density at radius 3 is 2.72 bits per heavy atom. The van der Waals surface area contributed by atoms with Crippen molar-refractivity contribution in [2.24, 2.45) is 5.41 Å². The molecular formula is C15H22ClNO. The predicted octanol–water partition coefficient (Wildman–Crippen LogP) is 3.81. The molecular weight excluding hydrogens is 246 g/mol. The molecule has 0 atom stereocenters. The molecule has 1 aromatic rings. The zero-order chi connectivity index (χ0) is 13.2. The van der Waals surface area contributed by atoms with Crippen LogP contribution in [0.3, 0.4) is 0 Å². The van der Waals surface area contributed by atoms with E-state index in [9.17, 15) is 0 Å². The average Bonchev–Trinajstić information content (AvgIpc) is 3.09. The van der Waals surface area contributed by atoms with Crippen LogP contribution in [-0.4, -0.2) is 19.2 Å². The highest BCUT2D eigenvalue weighted by molar-refractivity contribution is 6.30. The molecule has 0 spiro atoms. The number of benzene rings is 1. The molecule has 0 saturated heterocycles. The van der Waals surface area contributed by atoms with Crippen molar-refractivity contribution < 1.29 is 4.74 Å². The number of halogens is 1. The number of aryl methyl sites for hydroxylation is 1. The van der Waals surface area contributed by atoms with Gasteiger partial charge in [-0.05, 0) is 43.5 Å². The fourth-order valence-electron chi connectivity index (χ4n) is 1.81. The molecule has 0 aliphatic heterocycles. The summed E-state index contributed by atoms with van der Waals surface area (Å²) >= 11 is 5.93. The average molecular weight is 268 g/mol. The van der Waals surface area contributed by atoms with E-state index in [1.165, 1.54) is 12.8 Å². The first-order valence-electron chi connectivity index (χ1n) is 6.59. The molecule has 1 saturated carbocycles. The van der Waals surface area contributed by atoms with Gasteiger partial charge in [0.15, 0.2) is 0 Å². The smallest absolute Gasteiger partial charge is 0.122 e. The van der Waals surface area contributed by atoms with E-state index in [1.807, 2.05) is 25.1 Å². The van der Waals surface area contributed by atoms with Crippen LogP contribution in [0.25, 0.3) is 0 Å². The van der Waals surface area contributed by atoms with Crippen molar-refractivity contribution in [2.75, 3.05) is 13.2 Å². The van der Waals surface area contributed by atoms with Crippen molar-refractivity contribution in [3.05, 3.63) is 28.8 Å². The quantitative estimate of drug-likeness (QED) is 0.846. The van der Waals surface area contributed by atoms with E-state index in [0.29, 0.717) is 0 Å². The molecule has 1 N–H and O–H groups in total. The lowest BCUT2D eigenvalue weighted by Gasteiger charge is -2.25. The molecule has 0 heterocycles. The Morgan fingerprint density at radius 2 is 2.11 bits per heavy atom. The Morgan fingerprint density at radius 1 is 1.39 bits per heavy atom. The second-order valence-electron chi connectivity index (χ2n) is 6.02. The van der Waals surface area contributed by atoms with Crippen molar-refractivity contribution in [1.29, 1.82) is 0 Å².